The molecular weight excluding hydrogens is 308 g/mol. The van der Waals surface area contributed by atoms with Gasteiger partial charge in [-0.05, 0) is 31.2 Å². The molecule has 0 fully saturated rings. The van der Waals surface area contributed by atoms with E-state index < -0.39 is 0 Å². The maximum Gasteiger partial charge on any atom is 0.252 e. The Morgan fingerprint density at radius 3 is 2.83 bits per heavy atom. The van der Waals surface area contributed by atoms with E-state index in [9.17, 15) is 4.79 Å². The Labute approximate surface area is 139 Å². The fraction of sp³-hybridized carbons (Fsp3) is 0.222. The van der Waals surface area contributed by atoms with Crippen molar-refractivity contribution in [1.29, 1.82) is 0 Å². The van der Waals surface area contributed by atoms with Crippen LogP contribution in [0.4, 0.5) is 0 Å². The van der Waals surface area contributed by atoms with Gasteiger partial charge in [-0.1, -0.05) is 18.2 Å². The van der Waals surface area contributed by atoms with E-state index in [2.05, 4.69) is 18.3 Å². The molecule has 2 aromatic heterocycles. The van der Waals surface area contributed by atoms with Gasteiger partial charge in [0.05, 0.1) is 28.3 Å². The van der Waals surface area contributed by atoms with Gasteiger partial charge in [-0.25, -0.2) is 4.98 Å². The van der Waals surface area contributed by atoms with Gasteiger partial charge >= 0.3 is 0 Å². The minimum absolute atomic E-state index is 0.102. The molecule has 0 atom stereocenters. The first kappa shape index (κ1) is 15.6. The minimum Gasteiger partial charge on any atom is -0.383 e. The number of aryl methyl sites for hydroxylation is 1. The van der Waals surface area contributed by atoms with E-state index in [1.54, 1.807) is 18.4 Å². The maximum atomic E-state index is 12.5. The summed E-state index contributed by atoms with van der Waals surface area (Å²) in [5.41, 5.74) is 2.30. The molecule has 2 heterocycles. The van der Waals surface area contributed by atoms with Crippen molar-refractivity contribution < 1.29 is 9.53 Å². The molecule has 5 heteroatoms. The number of carbonyl (C=O) groups is 1. The molecular formula is C18H18N2O2S. The van der Waals surface area contributed by atoms with Crippen molar-refractivity contribution >= 4 is 28.1 Å². The number of nitrogens with zero attached hydrogens (tertiary/aromatic N) is 1. The van der Waals surface area contributed by atoms with E-state index in [0.717, 1.165) is 21.5 Å². The normalized spacial score (nSPS) is 10.9. The van der Waals surface area contributed by atoms with Crippen LogP contribution in [0.25, 0.3) is 21.5 Å². The molecule has 0 aliphatic carbocycles. The zero-order chi connectivity index (χ0) is 16.2. The van der Waals surface area contributed by atoms with Gasteiger partial charge in [0.1, 0.15) is 0 Å². The van der Waals surface area contributed by atoms with Crippen LogP contribution in [-0.2, 0) is 4.74 Å². The predicted molar refractivity (Wildman–Crippen MR) is 94.0 cm³/mol. The zero-order valence-corrected chi connectivity index (χ0v) is 13.9. The van der Waals surface area contributed by atoms with Crippen LogP contribution in [0.2, 0.25) is 0 Å². The number of hydrogen-bond donors (Lipinski definition) is 1. The number of amides is 1. The molecule has 0 spiro atoms. The van der Waals surface area contributed by atoms with Crippen LogP contribution in [0.3, 0.4) is 0 Å². The fourth-order valence-electron chi connectivity index (χ4n) is 2.42. The van der Waals surface area contributed by atoms with Crippen LogP contribution in [-0.4, -0.2) is 31.2 Å². The summed E-state index contributed by atoms with van der Waals surface area (Å²) in [6.45, 7) is 3.04. The predicted octanol–water partition coefficient (Wildman–Crippen LogP) is 3.65. The van der Waals surface area contributed by atoms with Crippen molar-refractivity contribution in [3.8, 4) is 10.6 Å². The van der Waals surface area contributed by atoms with Crippen molar-refractivity contribution in [2.45, 2.75) is 6.92 Å². The topological polar surface area (TPSA) is 51.2 Å². The number of nitrogens with one attached hydrogen (secondary N) is 1. The van der Waals surface area contributed by atoms with Crippen LogP contribution in [0, 0.1) is 6.92 Å². The molecule has 118 valence electrons. The molecule has 0 bridgehead atoms. The summed E-state index contributed by atoms with van der Waals surface area (Å²) < 4.78 is 4.99. The molecule has 0 aliphatic heterocycles. The largest absolute Gasteiger partial charge is 0.383 e. The number of fused-ring (bicyclic) bond motifs is 1. The van der Waals surface area contributed by atoms with Crippen LogP contribution in [0.1, 0.15) is 15.2 Å². The molecule has 3 rings (SSSR count). The summed E-state index contributed by atoms with van der Waals surface area (Å²) in [5, 5.41) is 3.75. The molecule has 0 radical (unpaired) electrons. The highest BCUT2D eigenvalue weighted by atomic mass is 32.1. The first-order chi connectivity index (χ1) is 11.2. The first-order valence-corrected chi connectivity index (χ1v) is 8.24. The maximum absolute atomic E-state index is 12.5. The lowest BCUT2D eigenvalue weighted by Gasteiger charge is -2.09. The number of benzene rings is 1. The average molecular weight is 326 g/mol. The van der Waals surface area contributed by atoms with Gasteiger partial charge < -0.3 is 10.1 Å². The SMILES string of the molecule is COCCNC(=O)c1cc(-c2ccc(C)s2)nc2ccccc12. The second-order valence-corrected chi connectivity index (χ2v) is 6.52. The third kappa shape index (κ3) is 3.41. The Morgan fingerprint density at radius 2 is 2.09 bits per heavy atom. The van der Waals surface area contributed by atoms with Gasteiger partial charge in [0, 0.05) is 23.9 Å². The Balaban J connectivity index is 2.05. The molecule has 0 aliphatic rings. The van der Waals surface area contributed by atoms with E-state index in [1.165, 1.54) is 4.88 Å². The Hall–Kier alpha value is -2.24. The Kier molecular flexibility index (Phi) is 4.69. The van der Waals surface area contributed by atoms with E-state index in [0.29, 0.717) is 18.7 Å². The van der Waals surface area contributed by atoms with Gasteiger partial charge in [-0.2, -0.15) is 0 Å². The highest BCUT2D eigenvalue weighted by Gasteiger charge is 2.14. The Bertz CT molecular complexity index is 842. The number of aromatic nitrogens is 1. The lowest BCUT2D eigenvalue weighted by molar-refractivity contribution is 0.0938. The van der Waals surface area contributed by atoms with Crippen molar-refractivity contribution in [3.05, 3.63) is 52.9 Å². The number of ether oxygens (including phenoxy) is 1. The number of hydrogen-bond acceptors (Lipinski definition) is 4. The third-order valence-corrected chi connectivity index (χ3v) is 4.57. The Morgan fingerprint density at radius 1 is 1.26 bits per heavy atom. The van der Waals surface area contributed by atoms with Crippen LogP contribution < -0.4 is 5.32 Å². The third-order valence-electron chi connectivity index (χ3n) is 3.55. The van der Waals surface area contributed by atoms with E-state index >= 15 is 0 Å². The molecule has 0 saturated carbocycles. The number of rotatable bonds is 5. The molecule has 1 amide bonds. The molecule has 0 unspecified atom stereocenters. The van der Waals surface area contributed by atoms with Crippen LogP contribution in [0.5, 0.6) is 0 Å². The second-order valence-electron chi connectivity index (χ2n) is 5.23. The van der Waals surface area contributed by atoms with Crippen molar-refractivity contribution in [1.82, 2.24) is 10.3 Å². The van der Waals surface area contributed by atoms with Gasteiger partial charge in [0.25, 0.3) is 5.91 Å². The number of methoxy groups -OCH3 is 1. The minimum atomic E-state index is -0.102. The number of thiophene rings is 1. The van der Waals surface area contributed by atoms with Crippen LogP contribution in [0.15, 0.2) is 42.5 Å². The van der Waals surface area contributed by atoms with Gasteiger partial charge in [-0.15, -0.1) is 11.3 Å². The lowest BCUT2D eigenvalue weighted by Crippen LogP contribution is -2.27. The van der Waals surface area contributed by atoms with Crippen molar-refractivity contribution in [3.63, 3.8) is 0 Å². The highest BCUT2D eigenvalue weighted by molar-refractivity contribution is 7.15. The van der Waals surface area contributed by atoms with E-state index in [-0.39, 0.29) is 5.91 Å². The molecule has 4 nitrogen and oxygen atoms in total. The smallest absolute Gasteiger partial charge is 0.252 e. The summed E-state index contributed by atoms with van der Waals surface area (Å²) in [6.07, 6.45) is 0. The summed E-state index contributed by atoms with van der Waals surface area (Å²) in [4.78, 5) is 19.5. The number of carbonyl (C=O) groups excluding carboxylic acids is 1. The van der Waals surface area contributed by atoms with Crippen molar-refractivity contribution in [2.75, 3.05) is 20.3 Å². The molecule has 23 heavy (non-hydrogen) atoms. The summed E-state index contributed by atoms with van der Waals surface area (Å²) in [7, 11) is 1.62. The quantitative estimate of drug-likeness (QED) is 0.728. The molecule has 1 N–H and O–H groups in total. The van der Waals surface area contributed by atoms with Gasteiger partial charge in [-0.3, -0.25) is 4.79 Å². The first-order valence-electron chi connectivity index (χ1n) is 7.43. The van der Waals surface area contributed by atoms with E-state index in [4.69, 9.17) is 9.72 Å². The second kappa shape index (κ2) is 6.89. The number of para-hydroxylation sites is 1. The standard InChI is InChI=1S/C18H18N2O2S/c1-12-7-8-17(23-12)16-11-14(18(21)19-9-10-22-2)13-5-3-4-6-15(13)20-16/h3-8,11H,9-10H2,1-2H3,(H,19,21). The molecule has 1 aromatic carbocycles. The number of pyridine rings is 1. The van der Waals surface area contributed by atoms with Gasteiger partial charge in [0.2, 0.25) is 0 Å². The summed E-state index contributed by atoms with van der Waals surface area (Å²) in [5.74, 6) is -0.102. The molecule has 0 saturated heterocycles. The summed E-state index contributed by atoms with van der Waals surface area (Å²) in [6, 6.07) is 13.7. The summed E-state index contributed by atoms with van der Waals surface area (Å²) >= 11 is 1.68. The lowest BCUT2D eigenvalue weighted by atomic mass is 10.1. The zero-order valence-electron chi connectivity index (χ0n) is 13.1. The van der Waals surface area contributed by atoms with Crippen LogP contribution >= 0.6 is 11.3 Å². The highest BCUT2D eigenvalue weighted by Crippen LogP contribution is 2.29. The fourth-order valence-corrected chi connectivity index (χ4v) is 3.25. The molecule has 3 aromatic rings. The van der Waals surface area contributed by atoms with E-state index in [1.807, 2.05) is 36.4 Å². The van der Waals surface area contributed by atoms with Crippen molar-refractivity contribution in [2.24, 2.45) is 0 Å². The van der Waals surface area contributed by atoms with Gasteiger partial charge in [0.15, 0.2) is 0 Å². The monoisotopic (exact) mass is 326 g/mol. The average Bonchev–Trinajstić information content (AvgIpc) is 3.00.